The Balaban J connectivity index is 1.77. The van der Waals surface area contributed by atoms with Gasteiger partial charge in [0, 0.05) is 6.54 Å². The van der Waals surface area contributed by atoms with Crippen LogP contribution < -0.4 is 0 Å². The molecule has 0 aliphatic carbocycles. The summed E-state index contributed by atoms with van der Waals surface area (Å²) < 4.78 is 0. The van der Waals surface area contributed by atoms with Crippen molar-refractivity contribution in [3.05, 3.63) is 42.3 Å². The fourth-order valence-electron chi connectivity index (χ4n) is 2.28. The molecule has 0 aromatic heterocycles. The summed E-state index contributed by atoms with van der Waals surface area (Å²) in [4.78, 5) is 2.60. The highest BCUT2D eigenvalue weighted by molar-refractivity contribution is 5.24. The van der Waals surface area contributed by atoms with Gasteiger partial charge in [-0.2, -0.15) is 0 Å². The van der Waals surface area contributed by atoms with E-state index in [0.29, 0.717) is 0 Å². The lowest BCUT2D eigenvalue weighted by Gasteiger charge is -2.30. The maximum atomic E-state index is 3.91. The number of likely N-dealkylation sites (tertiary alicyclic amines) is 1. The predicted molar refractivity (Wildman–Crippen MR) is 69.4 cm³/mol. The first-order valence-electron chi connectivity index (χ1n) is 6.37. The summed E-state index contributed by atoms with van der Waals surface area (Å²) in [6.07, 6.45) is 3.92. The molecule has 0 saturated carbocycles. The van der Waals surface area contributed by atoms with E-state index in [1.165, 1.54) is 44.5 Å². The van der Waals surface area contributed by atoms with Gasteiger partial charge in [-0.1, -0.05) is 31.2 Å². The zero-order chi connectivity index (χ0) is 11.4. The van der Waals surface area contributed by atoms with Gasteiger partial charge < -0.3 is 4.90 Å². The zero-order valence-corrected chi connectivity index (χ0v) is 10.3. The van der Waals surface area contributed by atoms with E-state index in [9.17, 15) is 0 Å². The molecule has 1 aliphatic heterocycles. The maximum absolute atomic E-state index is 3.91. The number of hydrogen-bond acceptors (Lipinski definition) is 1. The van der Waals surface area contributed by atoms with Gasteiger partial charge in [0.2, 0.25) is 0 Å². The van der Waals surface area contributed by atoms with E-state index in [1.807, 2.05) is 0 Å². The molecule has 1 radical (unpaired) electrons. The van der Waals surface area contributed by atoms with Crippen molar-refractivity contribution in [2.45, 2.75) is 26.2 Å². The third kappa shape index (κ3) is 3.34. The van der Waals surface area contributed by atoms with E-state index in [2.05, 4.69) is 43.0 Å². The van der Waals surface area contributed by atoms with E-state index in [4.69, 9.17) is 0 Å². The number of hydrogen-bond donors (Lipinski definition) is 0. The first-order valence-corrected chi connectivity index (χ1v) is 6.37. The molecule has 0 atom stereocenters. The molecule has 0 N–H and O–H groups in total. The average Bonchev–Trinajstić information content (AvgIpc) is 2.30. The van der Waals surface area contributed by atoms with Gasteiger partial charge >= 0.3 is 0 Å². The minimum atomic E-state index is 0.932. The van der Waals surface area contributed by atoms with E-state index in [1.54, 1.807) is 0 Å². The van der Waals surface area contributed by atoms with Crippen molar-refractivity contribution in [2.24, 2.45) is 5.92 Å². The Kier molecular flexibility index (Phi) is 4.00. The molecule has 0 bridgehead atoms. The molecule has 1 aromatic carbocycles. The van der Waals surface area contributed by atoms with Crippen LogP contribution in [0.15, 0.2) is 24.3 Å². The van der Waals surface area contributed by atoms with Gasteiger partial charge in [0.05, 0.1) is 0 Å². The Labute approximate surface area is 99.5 Å². The number of rotatable bonds is 3. The van der Waals surface area contributed by atoms with Gasteiger partial charge in [0.15, 0.2) is 0 Å². The Hall–Kier alpha value is -0.820. The van der Waals surface area contributed by atoms with Gasteiger partial charge in [0.1, 0.15) is 0 Å². The summed E-state index contributed by atoms with van der Waals surface area (Å²) in [5.74, 6) is 0.932. The van der Waals surface area contributed by atoms with Crippen LogP contribution >= 0.6 is 0 Å². The molecule has 87 valence electrons. The third-order valence-electron chi connectivity index (χ3n) is 3.62. The second kappa shape index (κ2) is 5.49. The highest BCUT2D eigenvalue weighted by Gasteiger charge is 2.14. The summed E-state index contributed by atoms with van der Waals surface area (Å²) in [7, 11) is 0. The van der Waals surface area contributed by atoms with Crippen molar-refractivity contribution in [1.29, 1.82) is 0 Å². The third-order valence-corrected chi connectivity index (χ3v) is 3.62. The molecule has 1 fully saturated rings. The number of piperidine rings is 1. The van der Waals surface area contributed by atoms with Gasteiger partial charge in [0.25, 0.3) is 0 Å². The predicted octanol–water partition coefficient (Wildman–Crippen LogP) is 3.14. The molecular formula is C15H22N. The summed E-state index contributed by atoms with van der Waals surface area (Å²) in [5, 5.41) is 0. The summed E-state index contributed by atoms with van der Waals surface area (Å²) in [6.45, 7) is 10.1. The van der Waals surface area contributed by atoms with Crippen LogP contribution in [0.25, 0.3) is 0 Å². The average molecular weight is 216 g/mol. The number of nitrogens with zero attached hydrogens (tertiary/aromatic N) is 1. The Morgan fingerprint density at radius 2 is 1.81 bits per heavy atom. The lowest BCUT2D eigenvalue weighted by atomic mass is 9.99. The molecular weight excluding hydrogens is 194 g/mol. The van der Waals surface area contributed by atoms with E-state index < -0.39 is 0 Å². The molecule has 1 heterocycles. The van der Waals surface area contributed by atoms with Gasteiger partial charge in [-0.05, 0) is 56.3 Å². The zero-order valence-electron chi connectivity index (χ0n) is 10.3. The standard InChI is InChI=1S/C15H22N/c1-13-3-5-15(6-4-13)9-12-16-10-7-14(2)8-11-16/h3-6,14H,1,7-12H2,2H3. The lowest BCUT2D eigenvalue weighted by molar-refractivity contribution is 0.194. The Morgan fingerprint density at radius 1 is 1.19 bits per heavy atom. The van der Waals surface area contributed by atoms with Crippen LogP contribution in [-0.2, 0) is 6.42 Å². The maximum Gasteiger partial charge on any atom is 0.00218 e. The molecule has 0 unspecified atom stereocenters. The summed E-state index contributed by atoms with van der Waals surface area (Å²) in [5.41, 5.74) is 2.54. The molecule has 1 nitrogen and oxygen atoms in total. The molecule has 2 rings (SSSR count). The van der Waals surface area contributed by atoms with E-state index in [-0.39, 0.29) is 0 Å². The van der Waals surface area contributed by atoms with Crippen molar-refractivity contribution in [2.75, 3.05) is 19.6 Å². The molecule has 16 heavy (non-hydrogen) atoms. The first-order chi connectivity index (χ1) is 7.74. The topological polar surface area (TPSA) is 3.24 Å². The van der Waals surface area contributed by atoms with Crippen LogP contribution in [0.5, 0.6) is 0 Å². The highest BCUT2D eigenvalue weighted by atomic mass is 15.1. The molecule has 1 aromatic rings. The minimum Gasteiger partial charge on any atom is -0.303 e. The summed E-state index contributed by atoms with van der Waals surface area (Å²) in [6, 6.07) is 8.62. The van der Waals surface area contributed by atoms with Crippen LogP contribution in [-0.4, -0.2) is 24.5 Å². The molecule has 1 saturated heterocycles. The van der Waals surface area contributed by atoms with Crippen LogP contribution in [0.1, 0.15) is 30.9 Å². The minimum absolute atomic E-state index is 0.932. The van der Waals surface area contributed by atoms with Gasteiger partial charge in [-0.3, -0.25) is 0 Å². The summed E-state index contributed by atoms with van der Waals surface area (Å²) >= 11 is 0. The van der Waals surface area contributed by atoms with Crippen molar-refractivity contribution in [3.63, 3.8) is 0 Å². The molecule has 0 spiro atoms. The van der Waals surface area contributed by atoms with Crippen molar-refractivity contribution in [1.82, 2.24) is 4.90 Å². The lowest BCUT2D eigenvalue weighted by Crippen LogP contribution is -2.34. The highest BCUT2D eigenvalue weighted by Crippen LogP contribution is 2.16. The van der Waals surface area contributed by atoms with Crippen LogP contribution in [0.4, 0.5) is 0 Å². The Bertz CT molecular complexity index is 307. The molecule has 1 heteroatoms. The largest absolute Gasteiger partial charge is 0.303 e. The fraction of sp³-hybridized carbons (Fsp3) is 0.533. The van der Waals surface area contributed by atoms with Crippen LogP contribution in [0.3, 0.4) is 0 Å². The van der Waals surface area contributed by atoms with Gasteiger partial charge in [-0.15, -0.1) is 0 Å². The normalized spacial score (nSPS) is 18.9. The van der Waals surface area contributed by atoms with Crippen molar-refractivity contribution >= 4 is 0 Å². The monoisotopic (exact) mass is 216 g/mol. The second-order valence-corrected chi connectivity index (χ2v) is 5.09. The first kappa shape index (κ1) is 11.7. The van der Waals surface area contributed by atoms with E-state index in [0.717, 1.165) is 11.5 Å². The number of benzene rings is 1. The second-order valence-electron chi connectivity index (χ2n) is 5.09. The molecule has 0 amide bonds. The Morgan fingerprint density at radius 3 is 2.44 bits per heavy atom. The van der Waals surface area contributed by atoms with Crippen molar-refractivity contribution < 1.29 is 0 Å². The van der Waals surface area contributed by atoms with Gasteiger partial charge in [-0.25, -0.2) is 0 Å². The van der Waals surface area contributed by atoms with Crippen LogP contribution in [0.2, 0.25) is 0 Å². The van der Waals surface area contributed by atoms with Crippen molar-refractivity contribution in [3.8, 4) is 0 Å². The quantitative estimate of drug-likeness (QED) is 0.750. The van der Waals surface area contributed by atoms with E-state index >= 15 is 0 Å². The molecule has 1 aliphatic rings. The smallest absolute Gasteiger partial charge is 0.00218 e. The SMILES string of the molecule is [CH2]c1ccc(CCN2CCC(C)CC2)cc1. The fourth-order valence-corrected chi connectivity index (χ4v) is 2.28. The van der Waals surface area contributed by atoms with Crippen LogP contribution in [0, 0.1) is 12.8 Å².